The highest BCUT2D eigenvalue weighted by molar-refractivity contribution is 7.00. The fraction of sp³-hybridized carbons (Fsp3) is 0.350. The van der Waals surface area contributed by atoms with E-state index in [1.165, 1.54) is 0 Å². The zero-order valence-electron chi connectivity index (χ0n) is 15.1. The first-order chi connectivity index (χ1) is 13.2. The highest BCUT2D eigenvalue weighted by Crippen LogP contribution is 2.39. The molecule has 140 valence electrons. The van der Waals surface area contributed by atoms with Crippen LogP contribution in [-0.2, 0) is 10.2 Å². The van der Waals surface area contributed by atoms with E-state index >= 15 is 0 Å². The number of nitrogens with one attached hydrogen (secondary N) is 1. The van der Waals surface area contributed by atoms with Crippen molar-refractivity contribution in [1.29, 1.82) is 0 Å². The lowest BCUT2D eigenvalue weighted by molar-refractivity contribution is 0.0479. The Labute approximate surface area is 161 Å². The Morgan fingerprint density at radius 1 is 1.19 bits per heavy atom. The number of hydrogen-bond acceptors (Lipinski definition) is 6. The van der Waals surface area contributed by atoms with Crippen molar-refractivity contribution in [3.05, 3.63) is 53.6 Å². The summed E-state index contributed by atoms with van der Waals surface area (Å²) in [6.45, 7) is 1.87. The van der Waals surface area contributed by atoms with Gasteiger partial charge in [-0.3, -0.25) is 4.79 Å². The van der Waals surface area contributed by atoms with Gasteiger partial charge in [0.25, 0.3) is 5.91 Å². The summed E-state index contributed by atoms with van der Waals surface area (Å²) < 4.78 is 19.6. The number of rotatable bonds is 5. The minimum absolute atomic E-state index is 0.106. The predicted octanol–water partition coefficient (Wildman–Crippen LogP) is 3.18. The van der Waals surface area contributed by atoms with Crippen molar-refractivity contribution in [3.63, 3.8) is 0 Å². The van der Waals surface area contributed by atoms with Crippen LogP contribution in [0.2, 0.25) is 0 Å². The number of ether oxygens (including phenoxy) is 2. The van der Waals surface area contributed by atoms with E-state index in [0.29, 0.717) is 25.3 Å². The number of fused-ring (bicyclic) bond motifs is 1. The van der Waals surface area contributed by atoms with Crippen molar-refractivity contribution in [2.45, 2.75) is 18.3 Å². The van der Waals surface area contributed by atoms with Gasteiger partial charge in [-0.25, -0.2) is 0 Å². The molecule has 0 spiro atoms. The topological polar surface area (TPSA) is 73.3 Å². The molecule has 0 radical (unpaired) electrons. The van der Waals surface area contributed by atoms with E-state index < -0.39 is 0 Å². The van der Waals surface area contributed by atoms with Crippen LogP contribution in [0.3, 0.4) is 0 Å². The van der Waals surface area contributed by atoms with Crippen LogP contribution in [0.15, 0.2) is 42.5 Å². The molecule has 3 aromatic rings. The van der Waals surface area contributed by atoms with Crippen LogP contribution < -0.4 is 10.1 Å². The van der Waals surface area contributed by atoms with E-state index in [1.54, 1.807) is 19.2 Å². The Balaban J connectivity index is 1.57. The second kappa shape index (κ2) is 7.62. The number of hydrogen-bond donors (Lipinski definition) is 1. The summed E-state index contributed by atoms with van der Waals surface area (Å²) in [5, 5.41) is 3.12. The van der Waals surface area contributed by atoms with Crippen LogP contribution >= 0.6 is 11.7 Å². The number of methoxy groups -OCH3 is 1. The molecule has 1 aliphatic heterocycles. The Morgan fingerprint density at radius 2 is 1.96 bits per heavy atom. The lowest BCUT2D eigenvalue weighted by Crippen LogP contribution is -2.44. The van der Waals surface area contributed by atoms with Crippen LogP contribution in [0.25, 0.3) is 11.0 Å². The predicted molar refractivity (Wildman–Crippen MR) is 104 cm³/mol. The van der Waals surface area contributed by atoms with E-state index in [1.807, 2.05) is 24.3 Å². The summed E-state index contributed by atoms with van der Waals surface area (Å²) in [6.07, 6.45) is 1.67. The highest BCUT2D eigenvalue weighted by atomic mass is 32.1. The van der Waals surface area contributed by atoms with Gasteiger partial charge in [0.2, 0.25) is 0 Å². The highest BCUT2D eigenvalue weighted by Gasteiger charge is 2.37. The molecule has 27 heavy (non-hydrogen) atoms. The van der Waals surface area contributed by atoms with Gasteiger partial charge >= 0.3 is 0 Å². The summed E-state index contributed by atoms with van der Waals surface area (Å²) >= 11 is 1.15. The molecule has 1 fully saturated rings. The first-order valence-electron chi connectivity index (χ1n) is 8.94. The molecule has 0 unspecified atom stereocenters. The Bertz CT molecular complexity index is 950. The molecule has 6 nitrogen and oxygen atoms in total. The van der Waals surface area contributed by atoms with Gasteiger partial charge in [0, 0.05) is 36.3 Å². The molecule has 2 heterocycles. The number of carbonyl (C=O) groups is 1. The first-order valence-corrected chi connectivity index (χ1v) is 9.67. The van der Waals surface area contributed by atoms with Crippen molar-refractivity contribution >= 4 is 28.7 Å². The number of para-hydroxylation sites is 1. The largest absolute Gasteiger partial charge is 0.496 e. The minimum Gasteiger partial charge on any atom is -0.496 e. The van der Waals surface area contributed by atoms with Gasteiger partial charge in [-0.15, -0.1) is 0 Å². The van der Waals surface area contributed by atoms with Crippen molar-refractivity contribution in [1.82, 2.24) is 14.1 Å². The molecule has 0 bridgehead atoms. The number of nitrogens with zero attached hydrogens (tertiary/aromatic N) is 2. The average Bonchev–Trinajstić information content (AvgIpc) is 3.20. The maximum absolute atomic E-state index is 12.8. The van der Waals surface area contributed by atoms with Gasteiger partial charge in [0.15, 0.2) is 0 Å². The van der Waals surface area contributed by atoms with Crippen molar-refractivity contribution in [2.75, 3.05) is 26.9 Å². The summed E-state index contributed by atoms with van der Waals surface area (Å²) in [5.41, 5.74) is 3.07. The fourth-order valence-corrected chi connectivity index (χ4v) is 4.18. The maximum atomic E-state index is 12.8. The Kier molecular flexibility index (Phi) is 5.05. The zero-order chi connectivity index (χ0) is 18.7. The molecular weight excluding hydrogens is 362 g/mol. The van der Waals surface area contributed by atoms with Crippen molar-refractivity contribution < 1.29 is 14.3 Å². The van der Waals surface area contributed by atoms with E-state index in [4.69, 9.17) is 9.47 Å². The van der Waals surface area contributed by atoms with Crippen LogP contribution in [-0.4, -0.2) is 41.5 Å². The average molecular weight is 383 g/mol. The molecule has 0 saturated carbocycles. The van der Waals surface area contributed by atoms with E-state index in [0.717, 1.165) is 46.9 Å². The minimum atomic E-state index is -0.202. The van der Waals surface area contributed by atoms with Crippen LogP contribution in [0, 0.1) is 0 Å². The summed E-state index contributed by atoms with van der Waals surface area (Å²) in [4.78, 5) is 12.8. The zero-order valence-corrected chi connectivity index (χ0v) is 15.9. The molecular formula is C20H21N3O3S. The second-order valence-electron chi connectivity index (χ2n) is 6.74. The quantitative estimate of drug-likeness (QED) is 0.733. The molecule has 0 aliphatic carbocycles. The number of carbonyl (C=O) groups excluding carboxylic acids is 1. The van der Waals surface area contributed by atoms with E-state index in [-0.39, 0.29) is 11.3 Å². The van der Waals surface area contributed by atoms with E-state index in [9.17, 15) is 4.79 Å². The van der Waals surface area contributed by atoms with Crippen LogP contribution in [0.5, 0.6) is 5.75 Å². The van der Waals surface area contributed by atoms with Gasteiger partial charge in [0.05, 0.1) is 18.8 Å². The summed E-state index contributed by atoms with van der Waals surface area (Å²) in [6, 6.07) is 13.4. The lowest BCUT2D eigenvalue weighted by Gasteiger charge is -2.38. The molecule has 0 atom stereocenters. The third-order valence-corrected chi connectivity index (χ3v) is 5.79. The second-order valence-corrected chi connectivity index (χ2v) is 7.27. The van der Waals surface area contributed by atoms with E-state index in [2.05, 4.69) is 20.1 Å². The Hall–Kier alpha value is -2.51. The summed E-state index contributed by atoms with van der Waals surface area (Å²) in [5.74, 6) is 0.745. The normalized spacial score (nSPS) is 16.2. The molecule has 1 aliphatic rings. The number of amides is 1. The fourth-order valence-electron chi connectivity index (χ4n) is 3.66. The van der Waals surface area contributed by atoms with Gasteiger partial charge < -0.3 is 14.8 Å². The molecule has 1 saturated heterocycles. The maximum Gasteiger partial charge on any atom is 0.251 e. The molecule has 1 N–H and O–H groups in total. The smallest absolute Gasteiger partial charge is 0.251 e. The molecule has 1 aromatic heterocycles. The van der Waals surface area contributed by atoms with Crippen molar-refractivity contribution in [3.8, 4) is 5.75 Å². The summed E-state index contributed by atoms with van der Waals surface area (Å²) in [7, 11) is 1.68. The Morgan fingerprint density at radius 3 is 2.78 bits per heavy atom. The van der Waals surface area contributed by atoms with Crippen LogP contribution in [0.1, 0.15) is 28.8 Å². The third kappa shape index (κ3) is 3.52. The number of aromatic nitrogens is 2. The monoisotopic (exact) mass is 383 g/mol. The van der Waals surface area contributed by atoms with Crippen LogP contribution in [0.4, 0.5) is 0 Å². The SMILES string of the molecule is COc1ccccc1C1(CNC(=O)c2ccc3nsnc3c2)CCOCC1. The third-order valence-electron chi connectivity index (χ3n) is 5.23. The first kappa shape index (κ1) is 17.9. The molecule has 7 heteroatoms. The van der Waals surface area contributed by atoms with Gasteiger partial charge in [0.1, 0.15) is 16.8 Å². The van der Waals surface area contributed by atoms with Gasteiger partial charge in [-0.1, -0.05) is 18.2 Å². The molecule has 2 aromatic carbocycles. The van der Waals surface area contributed by atoms with Gasteiger partial charge in [-0.05, 0) is 37.1 Å². The standard InChI is InChI=1S/C20H21N3O3S/c1-25-18-5-3-2-4-15(18)20(8-10-26-11-9-20)13-21-19(24)14-6-7-16-17(12-14)23-27-22-16/h2-7,12H,8-11,13H2,1H3,(H,21,24). The van der Waals surface area contributed by atoms with Crippen molar-refractivity contribution in [2.24, 2.45) is 0 Å². The van der Waals surface area contributed by atoms with Gasteiger partial charge in [-0.2, -0.15) is 8.75 Å². The lowest BCUT2D eigenvalue weighted by atomic mass is 9.73. The number of benzene rings is 2. The molecule has 1 amide bonds. The molecule has 4 rings (SSSR count).